The Morgan fingerprint density at radius 2 is 1.93 bits per heavy atom. The Balaban J connectivity index is 1.22. The Morgan fingerprint density at radius 1 is 1.05 bits per heavy atom. The quantitative estimate of drug-likeness (QED) is 0.255. The number of nitrogens with zero attached hydrogens (tertiary/aromatic N) is 7. The highest BCUT2D eigenvalue weighted by molar-refractivity contribution is 6.08. The molecule has 1 aliphatic rings. The number of rotatable bonds is 8. The van der Waals surface area contributed by atoms with Crippen LogP contribution in [0.25, 0.3) is 22.1 Å². The van der Waals surface area contributed by atoms with Gasteiger partial charge in [-0.25, -0.2) is 19.9 Å². The van der Waals surface area contributed by atoms with Crippen molar-refractivity contribution < 1.29 is 9.53 Å². The van der Waals surface area contributed by atoms with Crippen molar-refractivity contribution in [1.29, 1.82) is 0 Å². The molecular formula is C31H32N8O2. The molecule has 1 saturated heterocycles. The molecule has 0 spiro atoms. The molecule has 41 heavy (non-hydrogen) atoms. The number of likely N-dealkylation sites (N-methyl/N-ethyl adjacent to an activating group) is 1. The number of hydrogen-bond acceptors (Lipinski definition) is 8. The lowest BCUT2D eigenvalue weighted by Crippen LogP contribution is -2.25. The molecule has 10 nitrogen and oxygen atoms in total. The van der Waals surface area contributed by atoms with Crippen LogP contribution in [0.15, 0.2) is 72.8 Å². The Labute approximate surface area is 238 Å². The maximum absolute atomic E-state index is 13.0. The minimum Gasteiger partial charge on any atom is -0.457 e. The lowest BCUT2D eigenvalue weighted by molar-refractivity contribution is -0.114. The van der Waals surface area contributed by atoms with E-state index >= 15 is 0 Å². The van der Waals surface area contributed by atoms with Gasteiger partial charge in [0.05, 0.1) is 22.9 Å². The van der Waals surface area contributed by atoms with Crippen molar-refractivity contribution in [2.75, 3.05) is 37.4 Å². The van der Waals surface area contributed by atoms with E-state index in [4.69, 9.17) is 9.72 Å². The zero-order valence-corrected chi connectivity index (χ0v) is 23.6. The Kier molecular flexibility index (Phi) is 7.07. The van der Waals surface area contributed by atoms with Gasteiger partial charge in [-0.05, 0) is 82.4 Å². The van der Waals surface area contributed by atoms with Crippen molar-refractivity contribution in [2.45, 2.75) is 26.8 Å². The van der Waals surface area contributed by atoms with Gasteiger partial charge in [0.1, 0.15) is 29.2 Å². The molecule has 0 atom stereocenters. The highest BCUT2D eigenvalue weighted by Crippen LogP contribution is 2.32. The van der Waals surface area contributed by atoms with E-state index in [1.807, 2.05) is 86.9 Å². The summed E-state index contributed by atoms with van der Waals surface area (Å²) in [5.74, 6) is 2.64. The number of amides is 1. The molecule has 4 heterocycles. The first-order valence-electron chi connectivity index (χ1n) is 13.7. The summed E-state index contributed by atoms with van der Waals surface area (Å²) in [5.41, 5.74) is 5.89. The van der Waals surface area contributed by atoms with Gasteiger partial charge in [-0.1, -0.05) is 6.08 Å². The van der Waals surface area contributed by atoms with Crippen molar-refractivity contribution in [3.05, 3.63) is 78.4 Å². The van der Waals surface area contributed by atoms with Crippen LogP contribution in [0, 0.1) is 6.92 Å². The molecule has 1 N–H and O–H groups in total. The van der Waals surface area contributed by atoms with Crippen LogP contribution < -0.4 is 15.0 Å². The van der Waals surface area contributed by atoms with Gasteiger partial charge in [0.25, 0.3) is 5.91 Å². The van der Waals surface area contributed by atoms with Crippen LogP contribution >= 0.6 is 0 Å². The first-order valence-corrected chi connectivity index (χ1v) is 13.7. The van der Waals surface area contributed by atoms with E-state index < -0.39 is 0 Å². The molecule has 1 fully saturated rings. The lowest BCUT2D eigenvalue weighted by atomic mass is 10.2. The molecule has 6 rings (SSSR count). The van der Waals surface area contributed by atoms with Gasteiger partial charge >= 0.3 is 0 Å². The molecule has 208 valence electrons. The molecule has 5 aromatic rings. The highest BCUT2D eigenvalue weighted by Gasteiger charge is 2.28. The number of benzene rings is 2. The van der Waals surface area contributed by atoms with Gasteiger partial charge in [-0.2, -0.15) is 0 Å². The summed E-state index contributed by atoms with van der Waals surface area (Å²) in [5, 5.41) is 3.38. The fraction of sp³-hybridized carbons (Fsp3) is 0.258. The predicted octanol–water partition coefficient (Wildman–Crippen LogP) is 5.46. The second-order valence-corrected chi connectivity index (χ2v) is 10.3. The number of carbonyl (C=O) groups excluding carboxylic acids is 1. The molecule has 0 unspecified atom stereocenters. The first-order chi connectivity index (χ1) is 19.9. The van der Waals surface area contributed by atoms with Gasteiger partial charge in [-0.15, -0.1) is 0 Å². The van der Waals surface area contributed by atoms with Crippen molar-refractivity contribution >= 4 is 45.3 Å². The zero-order valence-electron chi connectivity index (χ0n) is 23.6. The topological polar surface area (TPSA) is 101 Å². The Morgan fingerprint density at radius 3 is 2.73 bits per heavy atom. The molecule has 10 heteroatoms. The monoisotopic (exact) mass is 548 g/mol. The summed E-state index contributed by atoms with van der Waals surface area (Å²) >= 11 is 0. The second kappa shape index (κ2) is 11.0. The normalized spacial score (nSPS) is 14.6. The molecular weight excluding hydrogens is 516 g/mol. The molecule has 0 bridgehead atoms. The van der Waals surface area contributed by atoms with Crippen LogP contribution in [0.3, 0.4) is 0 Å². The van der Waals surface area contributed by atoms with Crippen molar-refractivity contribution in [3.63, 3.8) is 0 Å². The molecule has 1 aliphatic heterocycles. The Hall–Kier alpha value is -4.83. The van der Waals surface area contributed by atoms with E-state index in [9.17, 15) is 4.79 Å². The highest BCUT2D eigenvalue weighted by atomic mass is 16.5. The predicted molar refractivity (Wildman–Crippen MR) is 161 cm³/mol. The minimum atomic E-state index is -0.00543. The van der Waals surface area contributed by atoms with E-state index in [2.05, 4.69) is 31.8 Å². The summed E-state index contributed by atoms with van der Waals surface area (Å²) in [6.07, 6.45) is 6.05. The van der Waals surface area contributed by atoms with Gasteiger partial charge in [0.2, 0.25) is 0 Å². The standard InChI is InChI=1S/C31H32N8O2/c1-5-38-19-34-25-17-23(7-9-26(25)38)41-27-10-6-22(16-20(27)2)35-30-29-24(32-18-33-30)8-11-28(36-29)39-15-13-21(31(39)40)12-14-37(3)4/h6-12,16-19H,5,13-15H2,1-4H3,(H,32,33,35)/b21-12+. The van der Waals surface area contributed by atoms with Crippen LogP contribution in [-0.4, -0.2) is 62.5 Å². The van der Waals surface area contributed by atoms with Crippen molar-refractivity contribution in [2.24, 2.45) is 0 Å². The SMILES string of the molecule is CCn1cnc2cc(Oc3ccc(Nc4ncnc5ccc(N6CC/C(=C\CN(C)C)C6=O)nc45)cc3C)ccc21. The number of hydrogen-bond donors (Lipinski definition) is 1. The molecule has 1 amide bonds. The van der Waals surface area contributed by atoms with Gasteiger partial charge in [0.15, 0.2) is 5.82 Å². The average Bonchev–Trinajstić information content (AvgIpc) is 3.55. The number of pyridine rings is 1. The van der Waals surface area contributed by atoms with E-state index in [0.29, 0.717) is 35.6 Å². The van der Waals surface area contributed by atoms with E-state index in [1.54, 1.807) is 4.90 Å². The van der Waals surface area contributed by atoms with Crippen LogP contribution in [0.4, 0.5) is 17.3 Å². The zero-order chi connectivity index (χ0) is 28.5. The number of nitrogens with one attached hydrogen (secondary N) is 1. The number of imidazole rings is 1. The maximum atomic E-state index is 13.0. The number of anilines is 3. The number of carbonyl (C=O) groups is 1. The average molecular weight is 549 g/mol. The fourth-order valence-electron chi connectivity index (χ4n) is 4.95. The largest absolute Gasteiger partial charge is 0.457 e. The van der Waals surface area contributed by atoms with Gasteiger partial charge in [0, 0.05) is 37.0 Å². The molecule has 2 aromatic carbocycles. The molecule has 0 radical (unpaired) electrons. The summed E-state index contributed by atoms with van der Waals surface area (Å²) < 4.78 is 8.30. The second-order valence-electron chi connectivity index (χ2n) is 10.3. The third-order valence-electron chi connectivity index (χ3n) is 7.17. The van der Waals surface area contributed by atoms with Crippen LogP contribution in [0.1, 0.15) is 18.9 Å². The Bertz CT molecular complexity index is 1790. The van der Waals surface area contributed by atoms with E-state index in [0.717, 1.165) is 52.4 Å². The summed E-state index contributed by atoms with van der Waals surface area (Å²) in [4.78, 5) is 34.9. The third-order valence-corrected chi connectivity index (χ3v) is 7.17. The lowest BCUT2D eigenvalue weighted by Gasteiger charge is -2.16. The first kappa shape index (κ1) is 26.4. The number of ether oxygens (including phenoxy) is 1. The van der Waals surface area contributed by atoms with Crippen molar-refractivity contribution in [1.82, 2.24) is 29.4 Å². The number of fused-ring (bicyclic) bond motifs is 2. The maximum Gasteiger partial charge on any atom is 0.255 e. The number of aromatic nitrogens is 5. The summed E-state index contributed by atoms with van der Waals surface area (Å²) in [6, 6.07) is 15.5. The van der Waals surface area contributed by atoms with Crippen LogP contribution in [0.2, 0.25) is 0 Å². The van der Waals surface area contributed by atoms with E-state index in [1.165, 1.54) is 6.33 Å². The molecule has 0 saturated carbocycles. The summed E-state index contributed by atoms with van der Waals surface area (Å²) in [7, 11) is 3.97. The van der Waals surface area contributed by atoms with Crippen LogP contribution in [0.5, 0.6) is 11.5 Å². The van der Waals surface area contributed by atoms with Crippen molar-refractivity contribution in [3.8, 4) is 11.5 Å². The van der Waals surface area contributed by atoms with E-state index in [-0.39, 0.29) is 5.91 Å². The minimum absolute atomic E-state index is 0.00543. The fourth-order valence-corrected chi connectivity index (χ4v) is 4.95. The van der Waals surface area contributed by atoms with Gasteiger partial charge < -0.3 is 19.5 Å². The summed E-state index contributed by atoms with van der Waals surface area (Å²) in [6.45, 7) is 6.29. The smallest absolute Gasteiger partial charge is 0.255 e. The molecule has 0 aliphatic carbocycles. The number of aryl methyl sites for hydroxylation is 2. The third kappa shape index (κ3) is 5.33. The van der Waals surface area contributed by atoms with Crippen LogP contribution in [-0.2, 0) is 11.3 Å². The van der Waals surface area contributed by atoms with Gasteiger partial charge in [-0.3, -0.25) is 9.69 Å². The molecule has 3 aromatic heterocycles.